The van der Waals surface area contributed by atoms with Crippen molar-refractivity contribution >= 4 is 28.4 Å². The molecule has 4 rings (SSSR count). The number of nitrogens with zero attached hydrogens (tertiary/aromatic N) is 3. The van der Waals surface area contributed by atoms with Crippen molar-refractivity contribution in [2.45, 2.75) is 18.0 Å². The number of halogens is 1. The molecule has 1 saturated heterocycles. The van der Waals surface area contributed by atoms with Crippen LogP contribution in [0, 0.1) is 0 Å². The van der Waals surface area contributed by atoms with Crippen LogP contribution in [0.3, 0.4) is 0 Å². The van der Waals surface area contributed by atoms with Crippen LogP contribution in [0.15, 0.2) is 54.7 Å². The van der Waals surface area contributed by atoms with Crippen LogP contribution in [0.5, 0.6) is 0 Å². The molecule has 2 heterocycles. The van der Waals surface area contributed by atoms with E-state index in [1.165, 1.54) is 0 Å². The standard InChI is InChI=1S/C19H19ClN4O/c1-23(17-10-11-21-18(17)20)19(25)13-6-8-15(9-7-13)24-16-5-3-2-4-14(16)12-22-24/h2-9,12,17-18,21H,10-11H2,1H3. The van der Waals surface area contributed by atoms with Crippen molar-refractivity contribution in [3.05, 3.63) is 60.3 Å². The summed E-state index contributed by atoms with van der Waals surface area (Å²) in [6.45, 7) is 0.835. The first-order chi connectivity index (χ1) is 12.1. The molecule has 0 bridgehead atoms. The number of carbonyl (C=O) groups excluding carboxylic acids is 1. The zero-order chi connectivity index (χ0) is 17.4. The maximum atomic E-state index is 12.7. The molecule has 1 aliphatic heterocycles. The molecule has 1 fully saturated rings. The maximum absolute atomic E-state index is 12.7. The Labute approximate surface area is 151 Å². The topological polar surface area (TPSA) is 50.2 Å². The third-order valence-corrected chi connectivity index (χ3v) is 5.22. The highest BCUT2D eigenvalue weighted by molar-refractivity contribution is 6.21. The summed E-state index contributed by atoms with van der Waals surface area (Å²) in [5, 5.41) is 8.69. The van der Waals surface area contributed by atoms with Gasteiger partial charge in [0.05, 0.1) is 23.4 Å². The molecular formula is C19H19ClN4O. The number of nitrogens with one attached hydrogen (secondary N) is 1. The molecule has 1 amide bonds. The van der Waals surface area contributed by atoms with Crippen molar-refractivity contribution < 1.29 is 4.79 Å². The van der Waals surface area contributed by atoms with E-state index >= 15 is 0 Å². The Morgan fingerprint density at radius 2 is 2.00 bits per heavy atom. The zero-order valence-corrected chi connectivity index (χ0v) is 14.6. The highest BCUT2D eigenvalue weighted by atomic mass is 35.5. The molecule has 25 heavy (non-hydrogen) atoms. The van der Waals surface area contributed by atoms with Gasteiger partial charge in [0.2, 0.25) is 0 Å². The smallest absolute Gasteiger partial charge is 0.253 e. The molecule has 1 aliphatic rings. The molecule has 5 nitrogen and oxygen atoms in total. The van der Waals surface area contributed by atoms with Crippen molar-refractivity contribution in [1.29, 1.82) is 0 Å². The van der Waals surface area contributed by atoms with Gasteiger partial charge in [-0.2, -0.15) is 5.10 Å². The summed E-state index contributed by atoms with van der Waals surface area (Å²) in [5.41, 5.74) is 2.43. The zero-order valence-electron chi connectivity index (χ0n) is 13.9. The summed E-state index contributed by atoms with van der Waals surface area (Å²) < 4.78 is 1.88. The third-order valence-electron chi connectivity index (χ3n) is 4.77. The number of alkyl halides is 1. The van der Waals surface area contributed by atoms with Gasteiger partial charge in [0, 0.05) is 18.0 Å². The third kappa shape index (κ3) is 2.90. The van der Waals surface area contributed by atoms with Gasteiger partial charge in [0.25, 0.3) is 5.91 Å². The molecule has 0 radical (unpaired) electrons. The Kier molecular flexibility index (Phi) is 4.19. The van der Waals surface area contributed by atoms with E-state index in [0.717, 1.165) is 29.6 Å². The van der Waals surface area contributed by atoms with Gasteiger partial charge in [-0.1, -0.05) is 18.2 Å². The average Bonchev–Trinajstić information content (AvgIpc) is 3.27. The minimum atomic E-state index is -0.191. The second-order valence-corrected chi connectivity index (χ2v) is 6.76. The van der Waals surface area contributed by atoms with Gasteiger partial charge in [-0.05, 0) is 43.3 Å². The molecule has 0 spiro atoms. The van der Waals surface area contributed by atoms with Crippen LogP contribution in [-0.4, -0.2) is 45.7 Å². The lowest BCUT2D eigenvalue weighted by Gasteiger charge is -2.26. The van der Waals surface area contributed by atoms with Crippen LogP contribution in [0.1, 0.15) is 16.8 Å². The monoisotopic (exact) mass is 354 g/mol. The summed E-state index contributed by atoms with van der Waals surface area (Å²) in [6, 6.07) is 15.6. The van der Waals surface area contributed by atoms with Gasteiger partial charge in [0.15, 0.2) is 0 Å². The number of benzene rings is 2. The van der Waals surface area contributed by atoms with Gasteiger partial charge < -0.3 is 4.90 Å². The normalized spacial score (nSPS) is 20.1. The fourth-order valence-electron chi connectivity index (χ4n) is 3.32. The fraction of sp³-hybridized carbons (Fsp3) is 0.263. The van der Waals surface area contributed by atoms with Crippen molar-refractivity contribution in [3.63, 3.8) is 0 Å². The summed E-state index contributed by atoms with van der Waals surface area (Å²) in [7, 11) is 1.81. The fourth-order valence-corrected chi connectivity index (χ4v) is 3.72. The Bertz CT molecular complexity index is 905. The van der Waals surface area contributed by atoms with E-state index in [-0.39, 0.29) is 17.5 Å². The summed E-state index contributed by atoms with van der Waals surface area (Å²) in [5.74, 6) is -0.0174. The number of rotatable bonds is 3. The van der Waals surface area contributed by atoms with Crippen LogP contribution < -0.4 is 5.32 Å². The minimum absolute atomic E-state index is 0.0174. The number of fused-ring (bicyclic) bond motifs is 1. The van der Waals surface area contributed by atoms with Gasteiger partial charge in [-0.25, -0.2) is 4.68 Å². The van der Waals surface area contributed by atoms with Crippen LogP contribution in [0.2, 0.25) is 0 Å². The predicted molar refractivity (Wildman–Crippen MR) is 99.2 cm³/mol. The van der Waals surface area contributed by atoms with E-state index in [9.17, 15) is 4.79 Å². The number of aromatic nitrogens is 2. The second kappa shape index (κ2) is 6.50. The predicted octanol–water partition coefficient (Wildman–Crippen LogP) is 3.02. The lowest BCUT2D eigenvalue weighted by molar-refractivity contribution is 0.0736. The maximum Gasteiger partial charge on any atom is 0.253 e. The Hall–Kier alpha value is -2.37. The van der Waals surface area contributed by atoms with Crippen LogP contribution >= 0.6 is 11.6 Å². The number of para-hydroxylation sites is 1. The summed E-state index contributed by atoms with van der Waals surface area (Å²) in [4.78, 5) is 14.4. The first-order valence-corrected chi connectivity index (χ1v) is 8.76. The lowest BCUT2D eigenvalue weighted by Crippen LogP contribution is -2.42. The Morgan fingerprint density at radius 1 is 1.24 bits per heavy atom. The summed E-state index contributed by atoms with van der Waals surface area (Å²) in [6.07, 6.45) is 2.71. The molecule has 128 valence electrons. The first kappa shape index (κ1) is 16.1. The van der Waals surface area contributed by atoms with Crippen molar-refractivity contribution in [3.8, 4) is 5.69 Å². The van der Waals surface area contributed by atoms with E-state index in [4.69, 9.17) is 11.6 Å². The molecule has 1 N–H and O–H groups in total. The minimum Gasteiger partial charge on any atom is -0.336 e. The molecule has 2 unspecified atom stereocenters. The number of hydrogen-bond acceptors (Lipinski definition) is 3. The molecule has 2 aromatic carbocycles. The van der Waals surface area contributed by atoms with Crippen LogP contribution in [-0.2, 0) is 0 Å². The molecule has 1 aromatic heterocycles. The van der Waals surface area contributed by atoms with E-state index in [1.54, 1.807) is 4.90 Å². The highest BCUT2D eigenvalue weighted by Gasteiger charge is 2.31. The van der Waals surface area contributed by atoms with Crippen LogP contribution in [0.4, 0.5) is 0 Å². The van der Waals surface area contributed by atoms with Gasteiger partial charge in [0.1, 0.15) is 5.50 Å². The molecule has 2 atom stereocenters. The van der Waals surface area contributed by atoms with Gasteiger partial charge >= 0.3 is 0 Å². The van der Waals surface area contributed by atoms with E-state index in [1.807, 2.05) is 66.5 Å². The van der Waals surface area contributed by atoms with Crippen LogP contribution in [0.25, 0.3) is 16.6 Å². The number of amides is 1. The molecule has 6 heteroatoms. The summed E-state index contributed by atoms with van der Waals surface area (Å²) >= 11 is 6.24. The lowest BCUT2D eigenvalue weighted by atomic mass is 10.1. The van der Waals surface area contributed by atoms with Crippen molar-refractivity contribution in [2.75, 3.05) is 13.6 Å². The second-order valence-electron chi connectivity index (χ2n) is 6.29. The quantitative estimate of drug-likeness (QED) is 0.581. The Morgan fingerprint density at radius 3 is 2.72 bits per heavy atom. The molecule has 3 aromatic rings. The van der Waals surface area contributed by atoms with E-state index in [0.29, 0.717) is 5.56 Å². The molecule has 0 aliphatic carbocycles. The first-order valence-electron chi connectivity index (χ1n) is 8.33. The van der Waals surface area contributed by atoms with E-state index in [2.05, 4.69) is 10.4 Å². The van der Waals surface area contributed by atoms with Crippen molar-refractivity contribution in [1.82, 2.24) is 20.0 Å². The SMILES string of the molecule is CN(C(=O)c1ccc(-n2ncc3ccccc32)cc1)C1CCNC1Cl. The Balaban J connectivity index is 1.58. The number of carbonyl (C=O) groups is 1. The number of likely N-dealkylation sites (N-methyl/N-ethyl adjacent to an activating group) is 1. The largest absolute Gasteiger partial charge is 0.336 e. The van der Waals surface area contributed by atoms with Gasteiger partial charge in [-0.15, -0.1) is 11.6 Å². The van der Waals surface area contributed by atoms with Crippen molar-refractivity contribution in [2.24, 2.45) is 0 Å². The molecular weight excluding hydrogens is 336 g/mol. The molecule has 0 saturated carbocycles. The number of hydrogen-bond donors (Lipinski definition) is 1. The average molecular weight is 355 g/mol. The van der Waals surface area contributed by atoms with Gasteiger partial charge in [-0.3, -0.25) is 10.1 Å². The van der Waals surface area contributed by atoms with E-state index < -0.39 is 0 Å². The highest BCUT2D eigenvalue weighted by Crippen LogP contribution is 2.21.